The Labute approximate surface area is 126 Å². The molecule has 116 valence electrons. The van der Waals surface area contributed by atoms with Crippen LogP contribution in [0.3, 0.4) is 0 Å². The van der Waals surface area contributed by atoms with Crippen molar-refractivity contribution in [2.45, 2.75) is 19.4 Å². The van der Waals surface area contributed by atoms with Crippen molar-refractivity contribution in [2.75, 3.05) is 12.5 Å². The smallest absolute Gasteiger partial charge is 0.262 e. The third kappa shape index (κ3) is 3.44. The van der Waals surface area contributed by atoms with Gasteiger partial charge in [0.15, 0.2) is 6.72 Å². The van der Waals surface area contributed by atoms with Gasteiger partial charge in [-0.1, -0.05) is 5.22 Å². The highest BCUT2D eigenvalue weighted by molar-refractivity contribution is 6.00. The molecule has 22 heavy (non-hydrogen) atoms. The molecule has 2 rings (SSSR count). The van der Waals surface area contributed by atoms with Gasteiger partial charge in [0, 0.05) is 23.6 Å². The number of amides is 2. The first-order valence-corrected chi connectivity index (χ1v) is 6.49. The lowest BCUT2D eigenvalue weighted by atomic mass is 10.1. The van der Waals surface area contributed by atoms with E-state index in [1.54, 1.807) is 18.2 Å². The normalized spacial score (nSPS) is 14.9. The molecule has 0 aliphatic carbocycles. The first kappa shape index (κ1) is 15.6. The Bertz CT molecular complexity index is 627. The summed E-state index contributed by atoms with van der Waals surface area (Å²) in [6.07, 6.45) is 0.289. The van der Waals surface area contributed by atoms with Gasteiger partial charge >= 0.3 is 0 Å². The van der Waals surface area contributed by atoms with Gasteiger partial charge in [-0.2, -0.15) is 10.2 Å². The molecule has 1 aliphatic rings. The zero-order chi connectivity index (χ0) is 16.1. The predicted octanol–water partition coefficient (Wildman–Crippen LogP) is 1.41. The lowest BCUT2D eigenvalue weighted by molar-refractivity contribution is -0.706. The average Bonchev–Trinajstić information content (AvgIpc) is 2.81. The maximum Gasteiger partial charge on any atom is 0.262 e. The lowest BCUT2D eigenvalue weighted by Gasteiger charge is -2.13. The van der Waals surface area contributed by atoms with E-state index in [9.17, 15) is 14.8 Å². The van der Waals surface area contributed by atoms with Crippen LogP contribution in [0.1, 0.15) is 18.4 Å². The molecule has 0 atom stereocenters. The number of nitrogens with one attached hydrogen (secondary N) is 1. The van der Waals surface area contributed by atoms with E-state index in [2.05, 4.69) is 22.5 Å². The Morgan fingerprint density at radius 3 is 2.68 bits per heavy atom. The average molecular weight is 306 g/mol. The van der Waals surface area contributed by atoms with E-state index < -0.39 is 0 Å². The van der Waals surface area contributed by atoms with Crippen LogP contribution >= 0.6 is 0 Å². The largest absolute Gasteiger partial charge is 0.285 e. The SMILES string of the molecule is C=[N+](O)c1ccc(NN=NC)cc1CON1C(=O)CCC1=O. The molecule has 0 saturated carbocycles. The lowest BCUT2D eigenvalue weighted by Crippen LogP contribution is -2.29. The highest BCUT2D eigenvalue weighted by Gasteiger charge is 2.30. The zero-order valence-electron chi connectivity index (χ0n) is 12.0. The van der Waals surface area contributed by atoms with Crippen molar-refractivity contribution in [3.8, 4) is 0 Å². The number of anilines is 1. The number of rotatable bonds is 6. The van der Waals surface area contributed by atoms with Crippen molar-refractivity contribution >= 4 is 29.9 Å². The number of nitrogens with zero attached hydrogens (tertiary/aromatic N) is 4. The van der Waals surface area contributed by atoms with Crippen LogP contribution in [0.2, 0.25) is 0 Å². The van der Waals surface area contributed by atoms with Crippen molar-refractivity contribution in [3.63, 3.8) is 0 Å². The van der Waals surface area contributed by atoms with E-state index in [-0.39, 0.29) is 31.3 Å². The number of imide groups is 1. The second-order valence-electron chi connectivity index (χ2n) is 4.51. The van der Waals surface area contributed by atoms with Crippen LogP contribution in [-0.2, 0) is 21.0 Å². The summed E-state index contributed by atoms with van der Waals surface area (Å²) in [4.78, 5) is 28.3. The third-order valence-corrected chi connectivity index (χ3v) is 2.99. The summed E-state index contributed by atoms with van der Waals surface area (Å²) in [5, 5.41) is 17.5. The summed E-state index contributed by atoms with van der Waals surface area (Å²) < 4.78 is 0.678. The summed E-state index contributed by atoms with van der Waals surface area (Å²) >= 11 is 0. The Morgan fingerprint density at radius 2 is 2.09 bits per heavy atom. The molecule has 1 fully saturated rings. The monoisotopic (exact) mass is 306 g/mol. The molecule has 0 bridgehead atoms. The number of hydrogen-bond donors (Lipinski definition) is 2. The van der Waals surface area contributed by atoms with E-state index in [1.165, 1.54) is 7.05 Å². The van der Waals surface area contributed by atoms with Crippen molar-refractivity contribution < 1.29 is 24.4 Å². The Morgan fingerprint density at radius 1 is 1.41 bits per heavy atom. The molecule has 2 amide bonds. The first-order valence-electron chi connectivity index (χ1n) is 6.49. The Balaban J connectivity index is 2.17. The summed E-state index contributed by atoms with van der Waals surface area (Å²) in [7, 11) is 1.52. The Hall–Kier alpha value is -2.81. The van der Waals surface area contributed by atoms with Gasteiger partial charge in [-0.3, -0.25) is 25.1 Å². The second-order valence-corrected chi connectivity index (χ2v) is 4.51. The molecular weight excluding hydrogens is 290 g/mol. The highest BCUT2D eigenvalue weighted by atomic mass is 16.7. The molecule has 1 aromatic carbocycles. The fourth-order valence-electron chi connectivity index (χ4n) is 1.96. The maximum absolute atomic E-state index is 11.5. The molecule has 9 nitrogen and oxygen atoms in total. The van der Waals surface area contributed by atoms with Gasteiger partial charge in [-0.05, 0) is 12.1 Å². The fraction of sp³-hybridized carbons (Fsp3) is 0.308. The van der Waals surface area contributed by atoms with Gasteiger partial charge in [0.2, 0.25) is 0 Å². The quantitative estimate of drug-likeness (QED) is 0.206. The molecule has 0 radical (unpaired) electrons. The van der Waals surface area contributed by atoms with E-state index in [0.717, 1.165) is 5.06 Å². The first-order chi connectivity index (χ1) is 10.5. The standard InChI is InChI=1S/C13H16N5O4/c1-14-16-15-10-3-4-11(17(2)21)9(7-10)8-22-18-12(19)5-6-13(18)20/h3-4,7,21H,2,5-6,8H2,1H3,(H,14,15)/q+1. The fourth-order valence-corrected chi connectivity index (χ4v) is 1.96. The summed E-state index contributed by atoms with van der Waals surface area (Å²) in [5.41, 5.74) is 4.17. The molecule has 0 unspecified atom stereocenters. The Kier molecular flexibility index (Phi) is 4.79. The summed E-state index contributed by atoms with van der Waals surface area (Å²) in [6, 6.07) is 4.89. The minimum atomic E-state index is -0.379. The topological polar surface area (TPSA) is 107 Å². The molecule has 1 aromatic rings. The molecule has 0 aromatic heterocycles. The van der Waals surface area contributed by atoms with Crippen LogP contribution in [-0.4, -0.2) is 40.6 Å². The molecule has 2 N–H and O–H groups in total. The van der Waals surface area contributed by atoms with Crippen molar-refractivity contribution in [2.24, 2.45) is 10.3 Å². The van der Waals surface area contributed by atoms with Crippen LogP contribution in [0.4, 0.5) is 11.4 Å². The second kappa shape index (κ2) is 6.76. The van der Waals surface area contributed by atoms with Gasteiger partial charge in [0.25, 0.3) is 17.5 Å². The zero-order valence-corrected chi connectivity index (χ0v) is 12.0. The predicted molar refractivity (Wildman–Crippen MR) is 75.5 cm³/mol. The van der Waals surface area contributed by atoms with Gasteiger partial charge in [-0.25, -0.2) is 0 Å². The van der Waals surface area contributed by atoms with Crippen LogP contribution in [0.5, 0.6) is 0 Å². The van der Waals surface area contributed by atoms with E-state index in [4.69, 9.17) is 4.84 Å². The number of hydroxylamine groups is 2. The molecule has 1 aliphatic heterocycles. The van der Waals surface area contributed by atoms with Crippen LogP contribution < -0.4 is 5.43 Å². The van der Waals surface area contributed by atoms with Crippen LogP contribution in [0, 0.1) is 0 Å². The molecular formula is C13H16N5O4+. The number of carbonyl (C=O) groups excluding carboxylic acids is 2. The molecule has 1 saturated heterocycles. The number of benzene rings is 1. The van der Waals surface area contributed by atoms with Gasteiger partial charge in [0.1, 0.15) is 6.61 Å². The number of hydrogen-bond acceptors (Lipinski definition) is 6. The molecule has 9 heteroatoms. The van der Waals surface area contributed by atoms with Gasteiger partial charge in [-0.15, -0.1) is 0 Å². The number of carbonyl (C=O) groups is 2. The molecule has 0 spiro atoms. The van der Waals surface area contributed by atoms with Crippen molar-refractivity contribution in [1.82, 2.24) is 5.06 Å². The van der Waals surface area contributed by atoms with Crippen molar-refractivity contribution in [1.29, 1.82) is 0 Å². The van der Waals surface area contributed by atoms with Gasteiger partial charge < -0.3 is 0 Å². The maximum atomic E-state index is 11.5. The van der Waals surface area contributed by atoms with E-state index in [0.29, 0.717) is 21.7 Å². The van der Waals surface area contributed by atoms with E-state index >= 15 is 0 Å². The highest BCUT2D eigenvalue weighted by Crippen LogP contribution is 2.24. The summed E-state index contributed by atoms with van der Waals surface area (Å²) in [6.45, 7) is 3.31. The van der Waals surface area contributed by atoms with E-state index in [1.807, 2.05) is 0 Å². The van der Waals surface area contributed by atoms with Crippen LogP contribution in [0.25, 0.3) is 0 Å². The van der Waals surface area contributed by atoms with Gasteiger partial charge in [0.05, 0.1) is 18.3 Å². The molecule has 1 heterocycles. The van der Waals surface area contributed by atoms with Crippen molar-refractivity contribution in [3.05, 3.63) is 23.8 Å². The third-order valence-electron chi connectivity index (χ3n) is 2.99. The summed E-state index contributed by atoms with van der Waals surface area (Å²) in [5.74, 6) is -0.757. The minimum absolute atomic E-state index is 0.0851. The van der Waals surface area contributed by atoms with Crippen LogP contribution in [0.15, 0.2) is 28.5 Å². The minimum Gasteiger partial charge on any atom is -0.285 e.